The molecule has 4 rings (SSSR count). The Labute approximate surface area is 208 Å². The van der Waals surface area contributed by atoms with Crippen molar-refractivity contribution in [2.24, 2.45) is 5.92 Å². The second-order valence-electron chi connectivity index (χ2n) is 9.78. The summed E-state index contributed by atoms with van der Waals surface area (Å²) in [5.41, 5.74) is 3.57. The molecule has 1 amide bonds. The van der Waals surface area contributed by atoms with Crippen LogP contribution in [0.5, 0.6) is 5.75 Å². The van der Waals surface area contributed by atoms with Crippen LogP contribution in [0, 0.1) is 12.8 Å². The number of rotatable bonds is 9. The van der Waals surface area contributed by atoms with Crippen molar-refractivity contribution in [2.75, 3.05) is 46.4 Å². The number of nitrogens with zero attached hydrogens (tertiary/aromatic N) is 3. The predicted molar refractivity (Wildman–Crippen MR) is 138 cm³/mol. The molecule has 0 bridgehead atoms. The highest BCUT2D eigenvalue weighted by atomic mass is 16.5. The number of aromatic nitrogens is 1. The Balaban J connectivity index is 1.40. The van der Waals surface area contributed by atoms with Gasteiger partial charge in [0, 0.05) is 44.4 Å². The third-order valence-electron chi connectivity index (χ3n) is 6.36. The van der Waals surface area contributed by atoms with Gasteiger partial charge in [0.1, 0.15) is 5.75 Å². The van der Waals surface area contributed by atoms with Gasteiger partial charge in [-0.3, -0.25) is 9.69 Å². The fraction of sp³-hybridized carbons (Fsp3) is 0.429. The number of amides is 1. The molecule has 2 heterocycles. The molecule has 1 fully saturated rings. The van der Waals surface area contributed by atoms with Crippen LogP contribution in [-0.2, 0) is 0 Å². The lowest BCUT2D eigenvalue weighted by Gasteiger charge is -2.38. The number of ether oxygens (including phenoxy) is 1. The van der Waals surface area contributed by atoms with E-state index in [9.17, 15) is 4.79 Å². The minimum Gasteiger partial charge on any atom is -0.493 e. The summed E-state index contributed by atoms with van der Waals surface area (Å²) in [5, 5.41) is 7.11. The number of aryl methyl sites for hydroxylation is 1. The monoisotopic (exact) mass is 476 g/mol. The van der Waals surface area contributed by atoms with Crippen molar-refractivity contribution in [3.05, 3.63) is 71.4 Å². The van der Waals surface area contributed by atoms with Crippen LogP contribution in [-0.4, -0.2) is 67.2 Å². The maximum atomic E-state index is 12.9. The fourth-order valence-corrected chi connectivity index (χ4v) is 4.16. The van der Waals surface area contributed by atoms with E-state index >= 15 is 0 Å². The SMILES string of the molecule is Cc1ccc([C@H](CNC(=O)c2cc(-c3ccc(OCC(C)C)cc3)on2)N2CCN(C)CC2)cc1. The van der Waals surface area contributed by atoms with Crippen molar-refractivity contribution in [2.45, 2.75) is 26.8 Å². The van der Waals surface area contributed by atoms with Gasteiger partial charge in [-0.05, 0) is 49.7 Å². The van der Waals surface area contributed by atoms with Crippen LogP contribution in [0.25, 0.3) is 11.3 Å². The molecule has 1 atom stereocenters. The van der Waals surface area contributed by atoms with Crippen molar-refractivity contribution < 1.29 is 14.1 Å². The van der Waals surface area contributed by atoms with Gasteiger partial charge in [-0.25, -0.2) is 0 Å². The maximum Gasteiger partial charge on any atom is 0.273 e. The first-order chi connectivity index (χ1) is 16.9. The van der Waals surface area contributed by atoms with Crippen LogP contribution in [0.15, 0.2) is 59.1 Å². The Morgan fingerprint density at radius 3 is 2.40 bits per heavy atom. The smallest absolute Gasteiger partial charge is 0.273 e. The standard InChI is InChI=1S/C28H36N4O3/c1-20(2)19-34-24-11-9-23(10-12-24)27-17-25(30-35-27)28(33)29-18-26(22-7-5-21(3)6-8-22)32-15-13-31(4)14-16-32/h5-12,17,20,26H,13-16,18-19H2,1-4H3,(H,29,33)/t26-/m0/s1. The quantitative estimate of drug-likeness (QED) is 0.494. The van der Waals surface area contributed by atoms with Gasteiger partial charge in [-0.15, -0.1) is 0 Å². The van der Waals surface area contributed by atoms with Gasteiger partial charge in [0.25, 0.3) is 5.91 Å². The number of piperazine rings is 1. The zero-order chi connectivity index (χ0) is 24.8. The van der Waals surface area contributed by atoms with Gasteiger partial charge in [0.05, 0.1) is 12.6 Å². The molecule has 0 saturated carbocycles. The lowest BCUT2D eigenvalue weighted by atomic mass is 10.0. The lowest BCUT2D eigenvalue weighted by molar-refractivity contribution is 0.0878. The molecule has 1 aromatic heterocycles. The largest absolute Gasteiger partial charge is 0.493 e. The van der Waals surface area contributed by atoms with Gasteiger partial charge in [-0.2, -0.15) is 0 Å². The second kappa shape index (κ2) is 11.5. The molecule has 0 unspecified atom stereocenters. The minimum absolute atomic E-state index is 0.109. The molecule has 3 aromatic rings. The first-order valence-electron chi connectivity index (χ1n) is 12.4. The Bertz CT molecular complexity index is 1080. The molecule has 1 aliphatic rings. The number of likely N-dealkylation sites (N-methyl/N-ethyl adjacent to an activating group) is 1. The lowest BCUT2D eigenvalue weighted by Crippen LogP contribution is -2.48. The summed E-state index contributed by atoms with van der Waals surface area (Å²) in [6.45, 7) is 11.5. The molecule has 0 aliphatic carbocycles. The van der Waals surface area contributed by atoms with Crippen LogP contribution in [0.1, 0.15) is 41.5 Å². The molecule has 0 spiro atoms. The Kier molecular flexibility index (Phi) is 8.21. The topological polar surface area (TPSA) is 70.8 Å². The average molecular weight is 477 g/mol. The third-order valence-corrected chi connectivity index (χ3v) is 6.36. The first-order valence-corrected chi connectivity index (χ1v) is 12.4. The number of hydrogen-bond acceptors (Lipinski definition) is 6. The summed E-state index contributed by atoms with van der Waals surface area (Å²) < 4.78 is 11.2. The molecule has 1 aliphatic heterocycles. The third kappa shape index (κ3) is 6.71. The molecule has 1 saturated heterocycles. The summed E-state index contributed by atoms with van der Waals surface area (Å²) in [6.07, 6.45) is 0. The molecule has 0 radical (unpaired) electrons. The molecule has 35 heavy (non-hydrogen) atoms. The molecule has 186 valence electrons. The predicted octanol–water partition coefficient (Wildman–Crippen LogP) is 4.40. The number of benzene rings is 2. The summed E-state index contributed by atoms with van der Waals surface area (Å²) in [5.74, 6) is 1.60. The van der Waals surface area contributed by atoms with Gasteiger partial charge in [0.15, 0.2) is 11.5 Å². The number of carbonyl (C=O) groups is 1. The summed E-state index contributed by atoms with van der Waals surface area (Å²) in [7, 11) is 2.15. The molecular formula is C28H36N4O3. The van der Waals surface area contributed by atoms with Gasteiger partial charge >= 0.3 is 0 Å². The minimum atomic E-state index is -0.233. The van der Waals surface area contributed by atoms with Crippen LogP contribution >= 0.6 is 0 Å². The zero-order valence-corrected chi connectivity index (χ0v) is 21.2. The van der Waals surface area contributed by atoms with Crippen molar-refractivity contribution >= 4 is 5.91 Å². The van der Waals surface area contributed by atoms with E-state index in [1.807, 2.05) is 24.3 Å². The van der Waals surface area contributed by atoms with Crippen molar-refractivity contribution in [1.82, 2.24) is 20.3 Å². The number of hydrogen-bond donors (Lipinski definition) is 1. The highest BCUT2D eigenvalue weighted by Gasteiger charge is 2.25. The van der Waals surface area contributed by atoms with Crippen molar-refractivity contribution in [3.8, 4) is 17.1 Å². The Morgan fingerprint density at radius 1 is 1.06 bits per heavy atom. The van der Waals surface area contributed by atoms with Gasteiger partial charge < -0.3 is 19.5 Å². The fourth-order valence-electron chi connectivity index (χ4n) is 4.16. The van der Waals surface area contributed by atoms with Crippen LogP contribution in [0.2, 0.25) is 0 Å². The van der Waals surface area contributed by atoms with E-state index in [4.69, 9.17) is 9.26 Å². The zero-order valence-electron chi connectivity index (χ0n) is 21.2. The Morgan fingerprint density at radius 2 is 1.74 bits per heavy atom. The number of nitrogens with one attached hydrogen (secondary N) is 1. The molecule has 7 heteroatoms. The molecule has 7 nitrogen and oxygen atoms in total. The van der Waals surface area contributed by atoms with E-state index in [0.29, 0.717) is 24.8 Å². The normalized spacial score (nSPS) is 15.8. The number of carbonyl (C=O) groups excluding carboxylic acids is 1. The van der Waals surface area contributed by atoms with E-state index in [1.54, 1.807) is 6.07 Å². The summed E-state index contributed by atoms with van der Waals surface area (Å²) in [6, 6.07) is 18.0. The van der Waals surface area contributed by atoms with Gasteiger partial charge in [-0.1, -0.05) is 48.8 Å². The van der Waals surface area contributed by atoms with E-state index in [1.165, 1.54) is 11.1 Å². The van der Waals surface area contributed by atoms with E-state index < -0.39 is 0 Å². The molecular weight excluding hydrogens is 440 g/mol. The second-order valence-corrected chi connectivity index (χ2v) is 9.78. The van der Waals surface area contributed by atoms with Crippen LogP contribution in [0.4, 0.5) is 0 Å². The van der Waals surface area contributed by atoms with E-state index in [0.717, 1.165) is 37.5 Å². The van der Waals surface area contributed by atoms with E-state index in [2.05, 4.69) is 72.4 Å². The summed E-state index contributed by atoms with van der Waals surface area (Å²) >= 11 is 0. The van der Waals surface area contributed by atoms with Crippen molar-refractivity contribution in [3.63, 3.8) is 0 Å². The van der Waals surface area contributed by atoms with E-state index in [-0.39, 0.29) is 17.6 Å². The highest BCUT2D eigenvalue weighted by Crippen LogP contribution is 2.25. The highest BCUT2D eigenvalue weighted by molar-refractivity contribution is 5.93. The molecule has 2 aromatic carbocycles. The molecule has 1 N–H and O–H groups in total. The Hall–Kier alpha value is -3.16. The van der Waals surface area contributed by atoms with Gasteiger partial charge in [0.2, 0.25) is 0 Å². The summed E-state index contributed by atoms with van der Waals surface area (Å²) in [4.78, 5) is 17.7. The van der Waals surface area contributed by atoms with Crippen LogP contribution in [0.3, 0.4) is 0 Å². The first kappa shape index (κ1) is 24.9. The van der Waals surface area contributed by atoms with Crippen LogP contribution < -0.4 is 10.1 Å². The van der Waals surface area contributed by atoms with Crippen molar-refractivity contribution in [1.29, 1.82) is 0 Å². The average Bonchev–Trinajstić information content (AvgIpc) is 3.36. The maximum absolute atomic E-state index is 12.9.